The van der Waals surface area contributed by atoms with Gasteiger partial charge in [-0.25, -0.2) is 17.8 Å². The second-order valence-corrected chi connectivity index (χ2v) is 8.34. The van der Waals surface area contributed by atoms with Crippen LogP contribution in [0.3, 0.4) is 0 Å². The highest BCUT2D eigenvalue weighted by atomic mass is 32.2. The van der Waals surface area contributed by atoms with E-state index in [0.717, 1.165) is 5.56 Å². The van der Waals surface area contributed by atoms with E-state index in [2.05, 4.69) is 15.5 Å². The first-order chi connectivity index (χ1) is 13.7. The number of nitrogens with zero attached hydrogens (tertiary/aromatic N) is 2. The number of aryl methyl sites for hydroxylation is 2. The Labute approximate surface area is 168 Å². The molecule has 1 amide bonds. The van der Waals surface area contributed by atoms with E-state index in [0.29, 0.717) is 17.0 Å². The zero-order valence-electron chi connectivity index (χ0n) is 16.1. The van der Waals surface area contributed by atoms with Gasteiger partial charge in [-0.05, 0) is 45.0 Å². The lowest BCUT2D eigenvalue weighted by molar-refractivity contribution is 0.0954. The van der Waals surface area contributed by atoms with Gasteiger partial charge in [0, 0.05) is 29.2 Å². The maximum absolute atomic E-state index is 13.0. The Morgan fingerprint density at radius 3 is 2.41 bits per heavy atom. The van der Waals surface area contributed by atoms with E-state index in [9.17, 15) is 18.0 Å². The molecule has 1 aromatic carbocycles. The van der Waals surface area contributed by atoms with Crippen molar-refractivity contribution < 1.29 is 13.2 Å². The molecule has 0 radical (unpaired) electrons. The SMILES string of the molecule is Cc1ccc(S(=O)(=O)n2c(C)cc(C=NNC(=O)c3ccc(=O)[nH]c3)c2C)cc1. The number of hydrazone groups is 1. The standard InChI is InChI=1S/C20H20N4O4S/c1-13-4-7-18(8-5-13)29(27,28)24-14(2)10-17(15(24)3)12-22-23-20(26)16-6-9-19(25)21-11-16/h4-12H,1-3H3,(H,21,25)(H,23,26). The highest BCUT2D eigenvalue weighted by molar-refractivity contribution is 7.90. The van der Waals surface area contributed by atoms with Crippen LogP contribution in [-0.2, 0) is 10.0 Å². The van der Waals surface area contributed by atoms with Crippen molar-refractivity contribution in [1.29, 1.82) is 0 Å². The molecule has 0 atom stereocenters. The molecular formula is C20H20N4O4S. The summed E-state index contributed by atoms with van der Waals surface area (Å²) in [5.41, 5.74) is 4.81. The first-order valence-corrected chi connectivity index (χ1v) is 10.2. The number of aromatic nitrogens is 2. The summed E-state index contributed by atoms with van der Waals surface area (Å²) in [5, 5.41) is 3.90. The van der Waals surface area contributed by atoms with E-state index in [1.165, 1.54) is 28.5 Å². The smallest absolute Gasteiger partial charge is 0.272 e. The third-order valence-corrected chi connectivity index (χ3v) is 6.29. The Balaban J connectivity index is 1.84. The largest absolute Gasteiger partial charge is 0.328 e. The highest BCUT2D eigenvalue weighted by Gasteiger charge is 2.22. The molecule has 3 rings (SSSR count). The summed E-state index contributed by atoms with van der Waals surface area (Å²) < 4.78 is 27.3. The van der Waals surface area contributed by atoms with Gasteiger partial charge in [-0.15, -0.1) is 0 Å². The molecule has 0 aliphatic carbocycles. The third-order valence-electron chi connectivity index (χ3n) is 4.38. The quantitative estimate of drug-likeness (QED) is 0.493. The lowest BCUT2D eigenvalue weighted by Crippen LogP contribution is -2.19. The number of rotatable bonds is 5. The molecule has 2 N–H and O–H groups in total. The van der Waals surface area contributed by atoms with E-state index < -0.39 is 15.9 Å². The summed E-state index contributed by atoms with van der Waals surface area (Å²) >= 11 is 0. The molecule has 3 aromatic rings. The van der Waals surface area contributed by atoms with Crippen molar-refractivity contribution in [3.8, 4) is 0 Å². The van der Waals surface area contributed by atoms with Crippen LogP contribution in [0.2, 0.25) is 0 Å². The van der Waals surface area contributed by atoms with E-state index in [4.69, 9.17) is 0 Å². The summed E-state index contributed by atoms with van der Waals surface area (Å²) in [7, 11) is -3.75. The van der Waals surface area contributed by atoms with Crippen LogP contribution < -0.4 is 11.0 Å². The van der Waals surface area contributed by atoms with Gasteiger partial charge < -0.3 is 4.98 Å². The van der Waals surface area contributed by atoms with Crippen LogP contribution in [0, 0.1) is 20.8 Å². The number of hydrogen-bond acceptors (Lipinski definition) is 5. The predicted molar refractivity (Wildman–Crippen MR) is 110 cm³/mol. The van der Waals surface area contributed by atoms with Crippen molar-refractivity contribution >= 4 is 22.1 Å². The number of nitrogens with one attached hydrogen (secondary N) is 2. The molecule has 0 saturated carbocycles. The van der Waals surface area contributed by atoms with Gasteiger partial charge in [0.25, 0.3) is 15.9 Å². The van der Waals surface area contributed by atoms with Crippen LogP contribution >= 0.6 is 0 Å². The number of amides is 1. The molecule has 0 spiro atoms. The molecule has 150 valence electrons. The average Bonchev–Trinajstić information content (AvgIpc) is 2.96. The van der Waals surface area contributed by atoms with Crippen LogP contribution in [0.1, 0.15) is 32.9 Å². The van der Waals surface area contributed by atoms with Gasteiger partial charge >= 0.3 is 0 Å². The summed E-state index contributed by atoms with van der Waals surface area (Å²) in [6.07, 6.45) is 2.67. The topological polar surface area (TPSA) is 113 Å². The van der Waals surface area contributed by atoms with Crippen molar-refractivity contribution in [3.05, 3.63) is 87.1 Å². The Bertz CT molecular complexity index is 1230. The fourth-order valence-corrected chi connectivity index (χ4v) is 4.45. The fourth-order valence-electron chi connectivity index (χ4n) is 2.86. The van der Waals surface area contributed by atoms with Crippen LogP contribution in [0.15, 0.2) is 63.5 Å². The van der Waals surface area contributed by atoms with E-state index in [-0.39, 0.29) is 16.0 Å². The van der Waals surface area contributed by atoms with Crippen LogP contribution in [-0.4, -0.2) is 29.5 Å². The number of pyridine rings is 1. The van der Waals surface area contributed by atoms with Crippen molar-refractivity contribution in [3.63, 3.8) is 0 Å². The Morgan fingerprint density at radius 1 is 1.10 bits per heavy atom. The fraction of sp³-hybridized carbons (Fsp3) is 0.150. The Morgan fingerprint density at radius 2 is 1.79 bits per heavy atom. The summed E-state index contributed by atoms with van der Waals surface area (Å²) in [6, 6.07) is 10.9. The number of aromatic amines is 1. The monoisotopic (exact) mass is 412 g/mol. The van der Waals surface area contributed by atoms with E-state index in [1.54, 1.807) is 44.2 Å². The maximum Gasteiger partial charge on any atom is 0.272 e. The Hall–Kier alpha value is -3.46. The van der Waals surface area contributed by atoms with Gasteiger partial charge in [0.15, 0.2) is 0 Å². The van der Waals surface area contributed by atoms with Crippen molar-refractivity contribution in [2.24, 2.45) is 5.10 Å². The van der Waals surface area contributed by atoms with E-state index >= 15 is 0 Å². The van der Waals surface area contributed by atoms with Gasteiger partial charge in [-0.2, -0.15) is 5.10 Å². The van der Waals surface area contributed by atoms with Gasteiger partial charge in [0.2, 0.25) is 5.56 Å². The van der Waals surface area contributed by atoms with E-state index in [1.807, 2.05) is 6.92 Å². The molecule has 0 aliphatic rings. The summed E-state index contributed by atoms with van der Waals surface area (Å²) in [6.45, 7) is 5.25. The van der Waals surface area contributed by atoms with Gasteiger partial charge in [-0.3, -0.25) is 9.59 Å². The zero-order chi connectivity index (χ0) is 21.2. The third kappa shape index (κ3) is 4.19. The van der Waals surface area contributed by atoms with Crippen molar-refractivity contribution in [1.82, 2.24) is 14.4 Å². The minimum atomic E-state index is -3.75. The van der Waals surface area contributed by atoms with Crippen molar-refractivity contribution in [2.45, 2.75) is 25.7 Å². The number of carbonyl (C=O) groups excluding carboxylic acids is 1. The molecule has 9 heteroatoms. The molecule has 2 heterocycles. The average molecular weight is 412 g/mol. The first-order valence-electron chi connectivity index (χ1n) is 8.73. The molecule has 0 saturated heterocycles. The van der Waals surface area contributed by atoms with Crippen LogP contribution in [0.25, 0.3) is 0 Å². The molecule has 0 unspecified atom stereocenters. The molecule has 2 aromatic heterocycles. The highest BCUT2D eigenvalue weighted by Crippen LogP contribution is 2.22. The zero-order valence-corrected chi connectivity index (χ0v) is 16.9. The molecule has 29 heavy (non-hydrogen) atoms. The first kappa shape index (κ1) is 20.3. The molecule has 0 aliphatic heterocycles. The van der Waals surface area contributed by atoms with Gasteiger partial charge in [0.05, 0.1) is 16.7 Å². The van der Waals surface area contributed by atoms with Crippen LogP contribution in [0.4, 0.5) is 0 Å². The number of carbonyl (C=O) groups is 1. The molecule has 0 fully saturated rings. The second kappa shape index (κ2) is 7.88. The predicted octanol–water partition coefficient (Wildman–Crippen LogP) is 2.10. The minimum absolute atomic E-state index is 0.194. The summed E-state index contributed by atoms with van der Waals surface area (Å²) in [4.78, 5) is 25.7. The molecule has 0 bridgehead atoms. The lowest BCUT2D eigenvalue weighted by atomic mass is 10.2. The molecular weight excluding hydrogens is 392 g/mol. The Kier molecular flexibility index (Phi) is 5.51. The van der Waals surface area contributed by atoms with Crippen molar-refractivity contribution in [2.75, 3.05) is 0 Å². The number of H-pyrrole nitrogens is 1. The normalized spacial score (nSPS) is 11.7. The number of benzene rings is 1. The lowest BCUT2D eigenvalue weighted by Gasteiger charge is -2.11. The minimum Gasteiger partial charge on any atom is -0.328 e. The number of hydrogen-bond donors (Lipinski definition) is 2. The maximum atomic E-state index is 13.0. The van der Waals surface area contributed by atoms with Gasteiger partial charge in [-0.1, -0.05) is 17.7 Å². The van der Waals surface area contributed by atoms with Crippen LogP contribution in [0.5, 0.6) is 0 Å². The van der Waals surface area contributed by atoms with Gasteiger partial charge in [0.1, 0.15) is 0 Å². The molecule has 8 nitrogen and oxygen atoms in total. The second-order valence-electron chi connectivity index (χ2n) is 6.55. The summed E-state index contributed by atoms with van der Waals surface area (Å²) in [5.74, 6) is -0.501.